The standard InChI is InChI=1S/C19H14F3N3O2/c1-11-6-12(2-3-16(11)18(23)26)17-8-14(4-5-25-17)27-15-7-13(9-24-10-15)19(20,21)22/h2-10H,1H3,(H2,23,26). The van der Waals surface area contributed by atoms with Gasteiger partial charge in [-0.1, -0.05) is 6.07 Å². The number of carbonyl (C=O) groups excluding carboxylic acids is 1. The minimum Gasteiger partial charge on any atom is -0.456 e. The SMILES string of the molecule is Cc1cc(-c2cc(Oc3cncc(C(F)(F)F)c3)ccn2)ccc1C(N)=O. The highest BCUT2D eigenvalue weighted by Gasteiger charge is 2.31. The first-order valence-electron chi connectivity index (χ1n) is 7.81. The first kappa shape index (κ1) is 18.4. The second-order valence-corrected chi connectivity index (χ2v) is 5.78. The van der Waals surface area contributed by atoms with Crippen LogP contribution < -0.4 is 10.5 Å². The van der Waals surface area contributed by atoms with Crippen LogP contribution in [0.2, 0.25) is 0 Å². The van der Waals surface area contributed by atoms with Crippen molar-refractivity contribution < 1.29 is 22.7 Å². The van der Waals surface area contributed by atoms with Crippen LogP contribution in [0.4, 0.5) is 13.2 Å². The van der Waals surface area contributed by atoms with Crippen LogP contribution >= 0.6 is 0 Å². The lowest BCUT2D eigenvalue weighted by Gasteiger charge is -2.10. The van der Waals surface area contributed by atoms with Gasteiger partial charge in [0.05, 0.1) is 17.5 Å². The average Bonchev–Trinajstić information content (AvgIpc) is 2.61. The summed E-state index contributed by atoms with van der Waals surface area (Å²) in [5.41, 5.74) is 6.74. The number of hydrogen-bond donors (Lipinski definition) is 1. The fourth-order valence-corrected chi connectivity index (χ4v) is 2.50. The summed E-state index contributed by atoms with van der Waals surface area (Å²) in [6, 6.07) is 9.01. The molecule has 0 atom stereocenters. The van der Waals surface area contributed by atoms with E-state index in [2.05, 4.69) is 9.97 Å². The second-order valence-electron chi connectivity index (χ2n) is 5.78. The highest BCUT2D eigenvalue weighted by atomic mass is 19.4. The molecular weight excluding hydrogens is 359 g/mol. The zero-order chi connectivity index (χ0) is 19.6. The summed E-state index contributed by atoms with van der Waals surface area (Å²) in [6.45, 7) is 1.75. The molecule has 138 valence electrons. The van der Waals surface area contributed by atoms with Gasteiger partial charge < -0.3 is 10.5 Å². The summed E-state index contributed by atoms with van der Waals surface area (Å²) >= 11 is 0. The fourth-order valence-electron chi connectivity index (χ4n) is 2.50. The zero-order valence-electron chi connectivity index (χ0n) is 14.1. The first-order valence-corrected chi connectivity index (χ1v) is 7.81. The molecule has 2 N–H and O–H groups in total. The van der Waals surface area contributed by atoms with Crippen molar-refractivity contribution in [2.45, 2.75) is 13.1 Å². The Morgan fingerprint density at radius 3 is 2.52 bits per heavy atom. The Bertz CT molecular complexity index is 1000. The number of halogens is 3. The van der Waals surface area contributed by atoms with Crippen LogP contribution in [0.1, 0.15) is 21.5 Å². The largest absolute Gasteiger partial charge is 0.456 e. The third-order valence-corrected chi connectivity index (χ3v) is 3.80. The number of ether oxygens (including phenoxy) is 1. The van der Waals surface area contributed by atoms with Gasteiger partial charge in [-0.2, -0.15) is 13.2 Å². The third kappa shape index (κ3) is 4.22. The monoisotopic (exact) mass is 373 g/mol. The van der Waals surface area contributed by atoms with Crippen LogP contribution in [0.25, 0.3) is 11.3 Å². The minimum absolute atomic E-state index is 0.0396. The van der Waals surface area contributed by atoms with E-state index in [1.165, 1.54) is 18.5 Å². The maximum absolute atomic E-state index is 12.8. The highest BCUT2D eigenvalue weighted by molar-refractivity contribution is 5.94. The van der Waals surface area contributed by atoms with Crippen molar-refractivity contribution in [2.75, 3.05) is 0 Å². The molecule has 3 rings (SSSR count). The molecule has 1 amide bonds. The number of pyridine rings is 2. The van der Waals surface area contributed by atoms with Crippen molar-refractivity contribution in [3.8, 4) is 22.8 Å². The van der Waals surface area contributed by atoms with E-state index < -0.39 is 17.6 Å². The Hall–Kier alpha value is -3.42. The van der Waals surface area contributed by atoms with Crippen molar-refractivity contribution in [2.24, 2.45) is 5.73 Å². The number of nitrogens with zero attached hydrogens (tertiary/aromatic N) is 2. The third-order valence-electron chi connectivity index (χ3n) is 3.80. The van der Waals surface area contributed by atoms with Gasteiger partial charge >= 0.3 is 6.18 Å². The molecule has 2 aromatic heterocycles. The number of benzene rings is 1. The molecule has 1 aromatic carbocycles. The Balaban J connectivity index is 1.89. The lowest BCUT2D eigenvalue weighted by molar-refractivity contribution is -0.137. The zero-order valence-corrected chi connectivity index (χ0v) is 14.1. The highest BCUT2D eigenvalue weighted by Crippen LogP contribution is 2.32. The predicted molar refractivity (Wildman–Crippen MR) is 92.2 cm³/mol. The van der Waals surface area contributed by atoms with Crippen LogP contribution in [0.15, 0.2) is 55.0 Å². The van der Waals surface area contributed by atoms with Gasteiger partial charge in [-0.15, -0.1) is 0 Å². The van der Waals surface area contributed by atoms with Crippen molar-refractivity contribution in [1.29, 1.82) is 0 Å². The topological polar surface area (TPSA) is 78.1 Å². The van der Waals surface area contributed by atoms with E-state index in [4.69, 9.17) is 10.5 Å². The number of hydrogen-bond acceptors (Lipinski definition) is 4. The van der Waals surface area contributed by atoms with E-state index >= 15 is 0 Å². The summed E-state index contributed by atoms with van der Waals surface area (Å²) < 4.78 is 43.8. The number of nitrogens with two attached hydrogens (primary N) is 1. The summed E-state index contributed by atoms with van der Waals surface area (Å²) in [7, 11) is 0. The lowest BCUT2D eigenvalue weighted by Crippen LogP contribution is -2.12. The number of carbonyl (C=O) groups is 1. The van der Waals surface area contributed by atoms with Gasteiger partial charge in [0.15, 0.2) is 0 Å². The van der Waals surface area contributed by atoms with Crippen LogP contribution in [0.3, 0.4) is 0 Å². The molecule has 0 spiro atoms. The van der Waals surface area contributed by atoms with E-state index in [0.29, 0.717) is 28.1 Å². The number of alkyl halides is 3. The molecule has 5 nitrogen and oxygen atoms in total. The van der Waals surface area contributed by atoms with E-state index in [0.717, 1.165) is 12.3 Å². The molecule has 0 saturated carbocycles. The number of primary amides is 1. The van der Waals surface area contributed by atoms with Crippen molar-refractivity contribution in [3.63, 3.8) is 0 Å². The van der Waals surface area contributed by atoms with E-state index in [1.807, 2.05) is 0 Å². The number of rotatable bonds is 4. The van der Waals surface area contributed by atoms with Gasteiger partial charge in [-0.25, -0.2) is 0 Å². The first-order chi connectivity index (χ1) is 12.7. The van der Waals surface area contributed by atoms with E-state index in [9.17, 15) is 18.0 Å². The summed E-state index contributed by atoms with van der Waals surface area (Å²) in [6.07, 6.45) is -1.10. The predicted octanol–water partition coefficient (Wildman–Crippen LogP) is 4.36. The lowest BCUT2D eigenvalue weighted by atomic mass is 10.0. The van der Waals surface area contributed by atoms with Crippen LogP contribution in [-0.4, -0.2) is 15.9 Å². The quantitative estimate of drug-likeness (QED) is 0.737. The number of amides is 1. The molecule has 0 fully saturated rings. The molecule has 2 heterocycles. The van der Waals surface area contributed by atoms with Gasteiger partial charge in [-0.3, -0.25) is 14.8 Å². The van der Waals surface area contributed by atoms with E-state index in [-0.39, 0.29) is 5.75 Å². The van der Waals surface area contributed by atoms with Gasteiger partial charge in [-0.05, 0) is 36.8 Å². The summed E-state index contributed by atoms with van der Waals surface area (Å²) in [4.78, 5) is 19.1. The Morgan fingerprint density at radius 2 is 1.85 bits per heavy atom. The molecule has 0 unspecified atom stereocenters. The van der Waals surface area contributed by atoms with Gasteiger partial charge in [0.2, 0.25) is 5.91 Å². The number of aryl methyl sites for hydroxylation is 1. The molecule has 8 heteroatoms. The van der Waals surface area contributed by atoms with Crippen LogP contribution in [-0.2, 0) is 6.18 Å². The summed E-state index contributed by atoms with van der Waals surface area (Å²) in [5, 5.41) is 0. The van der Waals surface area contributed by atoms with Crippen molar-refractivity contribution >= 4 is 5.91 Å². The normalized spacial score (nSPS) is 11.3. The Labute approximate surface area is 152 Å². The maximum Gasteiger partial charge on any atom is 0.418 e. The van der Waals surface area contributed by atoms with Gasteiger partial charge in [0.25, 0.3) is 0 Å². The molecule has 0 aliphatic rings. The smallest absolute Gasteiger partial charge is 0.418 e. The molecule has 0 aliphatic carbocycles. The molecule has 0 aliphatic heterocycles. The molecule has 0 bridgehead atoms. The molecule has 0 saturated heterocycles. The second kappa shape index (κ2) is 7.06. The van der Waals surface area contributed by atoms with Gasteiger partial charge in [0, 0.05) is 29.6 Å². The van der Waals surface area contributed by atoms with Crippen molar-refractivity contribution in [1.82, 2.24) is 9.97 Å². The molecule has 27 heavy (non-hydrogen) atoms. The maximum atomic E-state index is 12.8. The number of aromatic nitrogens is 2. The Morgan fingerprint density at radius 1 is 1.07 bits per heavy atom. The molecule has 3 aromatic rings. The van der Waals surface area contributed by atoms with Crippen molar-refractivity contribution in [3.05, 3.63) is 71.7 Å². The molecule has 0 radical (unpaired) electrons. The molecular formula is C19H14F3N3O2. The van der Waals surface area contributed by atoms with E-state index in [1.54, 1.807) is 31.2 Å². The fraction of sp³-hybridized carbons (Fsp3) is 0.105. The van der Waals surface area contributed by atoms with Gasteiger partial charge in [0.1, 0.15) is 11.5 Å². The Kier molecular flexibility index (Phi) is 4.81. The van der Waals surface area contributed by atoms with Crippen LogP contribution in [0, 0.1) is 6.92 Å². The minimum atomic E-state index is -4.50. The summed E-state index contributed by atoms with van der Waals surface area (Å²) in [5.74, 6) is -0.263. The van der Waals surface area contributed by atoms with Crippen LogP contribution in [0.5, 0.6) is 11.5 Å². The average molecular weight is 373 g/mol.